The van der Waals surface area contributed by atoms with E-state index in [4.69, 9.17) is 33.2 Å². The van der Waals surface area contributed by atoms with Gasteiger partial charge in [-0.3, -0.25) is 14.4 Å². The molecule has 0 aromatic heterocycles. The van der Waals surface area contributed by atoms with E-state index in [0.717, 1.165) is 6.42 Å². The molecule has 21 nitrogen and oxygen atoms in total. The van der Waals surface area contributed by atoms with Crippen molar-refractivity contribution in [3.63, 3.8) is 0 Å². The first-order valence-corrected chi connectivity index (χ1v) is 25.5. The number of aliphatic hydroxyl groups excluding tert-OH is 10. The van der Waals surface area contributed by atoms with Gasteiger partial charge in [-0.1, -0.05) is 27.4 Å². The number of fused-ring (bicyclic) bond motifs is 7. The number of carbonyl (C=O) groups excluding carboxylic acids is 2. The van der Waals surface area contributed by atoms with Crippen molar-refractivity contribution < 1.29 is 104 Å². The van der Waals surface area contributed by atoms with E-state index in [1.165, 1.54) is 13.8 Å². The zero-order valence-corrected chi connectivity index (χ0v) is 41.5. The highest BCUT2D eigenvalue weighted by Crippen LogP contribution is 2.78. The third-order valence-electron chi connectivity index (χ3n) is 20.2. The van der Waals surface area contributed by atoms with Crippen LogP contribution in [0.1, 0.15) is 106 Å². The molecule has 11 N–H and O–H groups in total. The minimum Gasteiger partial charge on any atom is -0.481 e. The van der Waals surface area contributed by atoms with Crippen molar-refractivity contribution in [1.82, 2.24) is 0 Å². The van der Waals surface area contributed by atoms with Gasteiger partial charge < -0.3 is 89.3 Å². The Balaban J connectivity index is 1.07. The molecule has 404 valence electrons. The lowest BCUT2D eigenvalue weighted by atomic mass is 9.32. The first kappa shape index (κ1) is 54.8. The number of hydrogen-bond donors (Lipinski definition) is 11. The largest absolute Gasteiger partial charge is 0.481 e. The van der Waals surface area contributed by atoms with Gasteiger partial charge in [-0.15, -0.1) is 0 Å². The summed E-state index contributed by atoms with van der Waals surface area (Å²) in [5.41, 5.74) is -3.02. The van der Waals surface area contributed by atoms with E-state index in [2.05, 4.69) is 27.4 Å². The standard InChI is InChI=1S/C50H78O21/c1-21(18-51)24-10-15-50(17-16-47(5)25(31(24)50)8-9-28-46(4)13-12-30(67-23(3)53)49(7,44(62)63)29(46)11-14-48(28,47)6)45(64)71-43-39(61)36(58)40(70-42-38(60)34(56)32(54)22(2)66-42)27(69-43)20-65-41-37(59)35(57)33(55)26(19-52)68-41/h22,24-43,51-52,54-61H,1,8-20H2,2-7H3,(H,62,63)/t22-,24-,25+,26+,27+,28+,29+,30+,31+,32-,33+,34+,35-,36+,37+,38+,39+,40+,41+,42-,43-,46+,47+,48+,49-,50-/m0/s1. The molecule has 3 aliphatic heterocycles. The third-order valence-corrected chi connectivity index (χ3v) is 20.2. The Kier molecular flexibility index (Phi) is 15.4. The minimum atomic E-state index is -1.99. The number of aliphatic hydroxyl groups is 10. The van der Waals surface area contributed by atoms with Crippen molar-refractivity contribution in [2.75, 3.05) is 19.8 Å². The topological polar surface area (TPSA) is 338 Å². The Hall–Kier alpha value is -2.45. The summed E-state index contributed by atoms with van der Waals surface area (Å²) in [5.74, 6) is -3.16. The zero-order chi connectivity index (χ0) is 52.1. The molecule has 0 amide bonds. The summed E-state index contributed by atoms with van der Waals surface area (Å²) >= 11 is 0. The van der Waals surface area contributed by atoms with Crippen LogP contribution < -0.4 is 0 Å². The lowest BCUT2D eigenvalue weighted by Gasteiger charge is -2.72. The van der Waals surface area contributed by atoms with Gasteiger partial charge in [0, 0.05) is 6.92 Å². The van der Waals surface area contributed by atoms with Gasteiger partial charge in [0.25, 0.3) is 0 Å². The van der Waals surface area contributed by atoms with Crippen LogP contribution >= 0.6 is 0 Å². The van der Waals surface area contributed by atoms with Crippen molar-refractivity contribution in [3.8, 4) is 0 Å². The van der Waals surface area contributed by atoms with Crippen molar-refractivity contribution in [2.45, 2.75) is 204 Å². The van der Waals surface area contributed by atoms with Gasteiger partial charge in [0.05, 0.1) is 31.3 Å². The average Bonchev–Trinajstić information content (AvgIpc) is 3.73. The molecule has 0 spiro atoms. The summed E-state index contributed by atoms with van der Waals surface area (Å²) in [4.78, 5) is 40.8. The van der Waals surface area contributed by atoms with E-state index in [1.807, 2.05) is 0 Å². The number of esters is 2. The number of ether oxygens (including phenoxy) is 7. The maximum Gasteiger partial charge on any atom is 0.314 e. The van der Waals surface area contributed by atoms with Gasteiger partial charge in [0.15, 0.2) is 12.6 Å². The van der Waals surface area contributed by atoms with E-state index < -0.39 is 146 Å². The van der Waals surface area contributed by atoms with E-state index in [1.54, 1.807) is 6.92 Å². The smallest absolute Gasteiger partial charge is 0.314 e. The molecular weight excluding hydrogens is 937 g/mol. The van der Waals surface area contributed by atoms with Crippen LogP contribution in [0, 0.1) is 56.7 Å². The number of hydrogen-bond acceptors (Lipinski definition) is 20. The number of rotatable bonds is 12. The maximum absolute atomic E-state index is 15.3. The number of aliphatic carboxylic acids is 1. The Morgan fingerprint density at radius 2 is 1.30 bits per heavy atom. The first-order valence-electron chi connectivity index (χ1n) is 25.5. The fraction of sp³-hybridized carbons (Fsp3) is 0.900. The zero-order valence-electron chi connectivity index (χ0n) is 41.5. The molecule has 5 aliphatic carbocycles. The Morgan fingerprint density at radius 1 is 0.648 bits per heavy atom. The van der Waals surface area contributed by atoms with Crippen molar-refractivity contribution in [3.05, 3.63) is 12.2 Å². The van der Waals surface area contributed by atoms with Crippen LogP contribution in [0.3, 0.4) is 0 Å². The third kappa shape index (κ3) is 8.62. The quantitative estimate of drug-likeness (QED) is 0.0878. The number of carboxylic acids is 1. The highest BCUT2D eigenvalue weighted by atomic mass is 16.8. The molecule has 8 rings (SSSR count). The summed E-state index contributed by atoms with van der Waals surface area (Å²) in [6.45, 7) is 13.8. The molecule has 3 saturated heterocycles. The van der Waals surface area contributed by atoms with Crippen LogP contribution in [-0.2, 0) is 47.5 Å². The lowest BCUT2D eigenvalue weighted by molar-refractivity contribution is -0.362. The van der Waals surface area contributed by atoms with Crippen LogP contribution in [0.5, 0.6) is 0 Å². The van der Waals surface area contributed by atoms with Gasteiger partial charge in [-0.05, 0) is 129 Å². The summed E-state index contributed by atoms with van der Waals surface area (Å²) < 4.78 is 41.0. The van der Waals surface area contributed by atoms with E-state index >= 15 is 4.79 Å². The van der Waals surface area contributed by atoms with Crippen molar-refractivity contribution in [2.24, 2.45) is 56.7 Å². The summed E-state index contributed by atoms with van der Waals surface area (Å²) in [7, 11) is 0. The molecule has 8 aliphatic rings. The molecule has 71 heavy (non-hydrogen) atoms. The van der Waals surface area contributed by atoms with Crippen LogP contribution in [-0.4, -0.2) is 192 Å². The monoisotopic (exact) mass is 1010 g/mol. The Morgan fingerprint density at radius 3 is 1.94 bits per heavy atom. The molecule has 0 aromatic rings. The predicted octanol–water partition coefficient (Wildman–Crippen LogP) is -0.368. The average molecular weight is 1020 g/mol. The second-order valence-corrected chi connectivity index (χ2v) is 23.3. The van der Waals surface area contributed by atoms with Crippen LogP contribution in [0.15, 0.2) is 12.2 Å². The van der Waals surface area contributed by atoms with Gasteiger partial charge in [-0.2, -0.15) is 0 Å². The molecule has 26 atom stereocenters. The molecular formula is C50H78O21. The summed E-state index contributed by atoms with van der Waals surface area (Å²) in [6, 6.07) is 0. The maximum atomic E-state index is 15.3. The van der Waals surface area contributed by atoms with Crippen molar-refractivity contribution >= 4 is 17.9 Å². The van der Waals surface area contributed by atoms with E-state index in [9.17, 15) is 65.8 Å². The summed E-state index contributed by atoms with van der Waals surface area (Å²) in [6.07, 6.45) is -20.5. The molecule has 3 heterocycles. The fourth-order valence-corrected chi connectivity index (χ4v) is 16.1. The Bertz CT molecular complexity index is 1990. The van der Waals surface area contributed by atoms with Crippen molar-refractivity contribution in [1.29, 1.82) is 0 Å². The fourth-order valence-electron chi connectivity index (χ4n) is 16.1. The molecule has 0 bridgehead atoms. The van der Waals surface area contributed by atoms with Crippen LogP contribution in [0.2, 0.25) is 0 Å². The number of carbonyl (C=O) groups is 3. The van der Waals surface area contributed by atoms with Crippen LogP contribution in [0.4, 0.5) is 0 Å². The highest BCUT2D eigenvalue weighted by molar-refractivity contribution is 5.79. The molecule has 0 radical (unpaired) electrons. The molecule has 21 heteroatoms. The second kappa shape index (κ2) is 19.9. The van der Waals surface area contributed by atoms with E-state index in [-0.39, 0.29) is 47.0 Å². The molecule has 5 saturated carbocycles. The highest BCUT2D eigenvalue weighted by Gasteiger charge is 2.74. The van der Waals surface area contributed by atoms with Gasteiger partial charge in [0.2, 0.25) is 6.29 Å². The van der Waals surface area contributed by atoms with Gasteiger partial charge in [0.1, 0.15) is 78.7 Å². The lowest BCUT2D eigenvalue weighted by Crippen LogP contribution is -2.68. The molecule has 8 fully saturated rings. The minimum absolute atomic E-state index is 0.0912. The van der Waals surface area contributed by atoms with Gasteiger partial charge >= 0.3 is 17.9 Å². The second-order valence-electron chi connectivity index (χ2n) is 23.3. The predicted molar refractivity (Wildman–Crippen MR) is 242 cm³/mol. The SMILES string of the molecule is C=C(CO)[C@@H]1CC[C@]2(C(=O)O[C@@H]3O[C@H](CO[C@@H]4O[C@H](CO)[C@@H](O)[C@H](O)[C@H]4O)[C@@H](O[C@@H]4O[C@@H](C)[C@H](O)[C@@H](O)[C@H]4O)[C@H](O)[C@H]3O)CC[C@]3(C)[C@H](CC[C@@H]4[C@@]5(C)CC[C@@H](OC(C)=O)[C@@](C)(C(=O)O)[C@@H]5CC[C@]43C)[C@@H]12. The number of carboxylic acid groups (broad SMARTS) is 1. The van der Waals surface area contributed by atoms with Crippen LogP contribution in [0.25, 0.3) is 0 Å². The Labute approximate surface area is 413 Å². The molecule has 0 unspecified atom stereocenters. The summed E-state index contributed by atoms with van der Waals surface area (Å²) in [5, 5.41) is 118. The van der Waals surface area contributed by atoms with E-state index in [0.29, 0.717) is 63.4 Å². The first-order chi connectivity index (χ1) is 33.3. The molecule has 0 aromatic carbocycles. The normalized spacial score (nSPS) is 52.8. The van der Waals surface area contributed by atoms with Gasteiger partial charge in [-0.25, -0.2) is 0 Å².